The zero-order valence-electron chi connectivity index (χ0n) is 13.5. The van der Waals surface area contributed by atoms with Crippen LogP contribution in [-0.2, 0) is 13.0 Å². The molecule has 0 spiro atoms. The maximum Gasteiger partial charge on any atom is 0.273 e. The van der Waals surface area contributed by atoms with E-state index in [1.807, 2.05) is 18.2 Å². The molecular formula is C17H22N4O3. The summed E-state index contributed by atoms with van der Waals surface area (Å²) in [6, 6.07) is 5.81. The van der Waals surface area contributed by atoms with Gasteiger partial charge in [0, 0.05) is 31.5 Å². The Morgan fingerprint density at radius 3 is 3.12 bits per heavy atom. The minimum Gasteiger partial charge on any atom is -0.447 e. The number of amides is 1. The van der Waals surface area contributed by atoms with Gasteiger partial charge in [-0.1, -0.05) is 6.07 Å². The quantitative estimate of drug-likeness (QED) is 0.736. The number of carbonyl (C=O) groups is 1. The molecule has 7 heteroatoms. The summed E-state index contributed by atoms with van der Waals surface area (Å²) in [7, 11) is 0. The number of rotatable bonds is 7. The van der Waals surface area contributed by atoms with Gasteiger partial charge in [0.2, 0.25) is 5.89 Å². The van der Waals surface area contributed by atoms with Crippen LogP contribution in [0.25, 0.3) is 0 Å². The fourth-order valence-corrected chi connectivity index (χ4v) is 2.74. The number of aliphatic hydroxyl groups is 1. The molecule has 3 rings (SSSR count). The fourth-order valence-electron chi connectivity index (χ4n) is 2.74. The Hall–Kier alpha value is -2.25. The second-order valence-electron chi connectivity index (χ2n) is 5.98. The molecule has 0 radical (unpaired) electrons. The van der Waals surface area contributed by atoms with Gasteiger partial charge in [0.15, 0.2) is 5.69 Å². The van der Waals surface area contributed by atoms with Crippen LogP contribution in [0, 0.1) is 0 Å². The number of β-amino-alcohol motifs (C(OH)–C–C–N with tert-alkyl or cyclic N) is 1. The molecule has 2 N–H and O–H groups in total. The van der Waals surface area contributed by atoms with Gasteiger partial charge >= 0.3 is 0 Å². The third-order valence-corrected chi connectivity index (χ3v) is 4.01. The zero-order chi connectivity index (χ0) is 16.8. The number of hydrogen-bond acceptors (Lipinski definition) is 6. The lowest BCUT2D eigenvalue weighted by molar-refractivity contribution is 0.0948. The summed E-state index contributed by atoms with van der Waals surface area (Å²) in [6.07, 6.45) is 5.29. The third-order valence-electron chi connectivity index (χ3n) is 4.01. The van der Waals surface area contributed by atoms with Crippen molar-refractivity contribution in [2.75, 3.05) is 19.6 Å². The number of oxazole rings is 1. The number of nitrogens with one attached hydrogen (secondary N) is 1. The SMILES string of the molecule is O=C(NCCCc1ccccn1)c1coc(CN2CC[C@H](O)C2)n1. The molecule has 2 aromatic heterocycles. The molecule has 3 heterocycles. The molecule has 1 aliphatic rings. The Morgan fingerprint density at radius 1 is 1.46 bits per heavy atom. The maximum atomic E-state index is 12.1. The van der Waals surface area contributed by atoms with E-state index in [1.54, 1.807) is 6.20 Å². The second-order valence-corrected chi connectivity index (χ2v) is 5.98. The van der Waals surface area contributed by atoms with Gasteiger partial charge < -0.3 is 14.8 Å². The number of pyridine rings is 1. The average Bonchev–Trinajstić information content (AvgIpc) is 3.22. The summed E-state index contributed by atoms with van der Waals surface area (Å²) in [5.41, 5.74) is 1.31. The molecule has 1 fully saturated rings. The van der Waals surface area contributed by atoms with Gasteiger partial charge in [0.05, 0.1) is 12.6 Å². The topological polar surface area (TPSA) is 91.5 Å². The van der Waals surface area contributed by atoms with E-state index in [4.69, 9.17) is 4.42 Å². The van der Waals surface area contributed by atoms with Gasteiger partial charge in [-0.3, -0.25) is 14.7 Å². The minimum absolute atomic E-state index is 0.229. The zero-order valence-corrected chi connectivity index (χ0v) is 13.5. The molecule has 2 aromatic rings. The van der Waals surface area contributed by atoms with Gasteiger partial charge in [-0.25, -0.2) is 4.98 Å². The van der Waals surface area contributed by atoms with E-state index in [1.165, 1.54) is 6.26 Å². The number of nitrogens with zero attached hydrogens (tertiary/aromatic N) is 3. The number of aryl methyl sites for hydroxylation is 1. The fraction of sp³-hybridized carbons (Fsp3) is 0.471. The molecule has 1 aliphatic heterocycles. The molecule has 0 saturated carbocycles. The molecule has 1 amide bonds. The van der Waals surface area contributed by atoms with E-state index >= 15 is 0 Å². The van der Waals surface area contributed by atoms with Crippen molar-refractivity contribution in [1.82, 2.24) is 20.2 Å². The van der Waals surface area contributed by atoms with Crippen molar-refractivity contribution >= 4 is 5.91 Å². The van der Waals surface area contributed by atoms with Crippen molar-refractivity contribution in [3.05, 3.63) is 47.9 Å². The highest BCUT2D eigenvalue weighted by molar-refractivity contribution is 5.91. The highest BCUT2D eigenvalue weighted by Gasteiger charge is 2.22. The first-order valence-electron chi connectivity index (χ1n) is 8.23. The Kier molecular flexibility index (Phi) is 5.55. The monoisotopic (exact) mass is 330 g/mol. The van der Waals surface area contributed by atoms with Crippen LogP contribution in [0.1, 0.15) is 34.9 Å². The minimum atomic E-state index is -0.276. The smallest absolute Gasteiger partial charge is 0.273 e. The van der Waals surface area contributed by atoms with Crippen LogP contribution in [0.3, 0.4) is 0 Å². The number of likely N-dealkylation sites (tertiary alicyclic amines) is 1. The lowest BCUT2D eigenvalue weighted by atomic mass is 10.2. The van der Waals surface area contributed by atoms with Crippen molar-refractivity contribution in [3.8, 4) is 0 Å². The number of aromatic nitrogens is 2. The number of hydrogen-bond donors (Lipinski definition) is 2. The lowest BCUT2D eigenvalue weighted by Crippen LogP contribution is -2.25. The van der Waals surface area contributed by atoms with Crippen molar-refractivity contribution in [3.63, 3.8) is 0 Å². The Morgan fingerprint density at radius 2 is 2.38 bits per heavy atom. The van der Waals surface area contributed by atoms with Crippen molar-refractivity contribution in [2.24, 2.45) is 0 Å². The van der Waals surface area contributed by atoms with Crippen LogP contribution >= 0.6 is 0 Å². The van der Waals surface area contributed by atoms with Crippen LogP contribution in [0.15, 0.2) is 35.1 Å². The average molecular weight is 330 g/mol. The molecule has 7 nitrogen and oxygen atoms in total. The number of carbonyl (C=O) groups excluding carboxylic acids is 1. The largest absolute Gasteiger partial charge is 0.447 e. The van der Waals surface area contributed by atoms with E-state index in [2.05, 4.69) is 20.2 Å². The first-order chi connectivity index (χ1) is 11.7. The molecule has 0 aliphatic carbocycles. The third kappa shape index (κ3) is 4.62. The summed E-state index contributed by atoms with van der Waals surface area (Å²) in [5.74, 6) is 0.273. The van der Waals surface area contributed by atoms with Crippen LogP contribution in [-0.4, -0.2) is 51.6 Å². The predicted molar refractivity (Wildman–Crippen MR) is 87.3 cm³/mol. The summed E-state index contributed by atoms with van der Waals surface area (Å²) in [6.45, 7) is 2.52. The highest BCUT2D eigenvalue weighted by Crippen LogP contribution is 2.13. The summed E-state index contributed by atoms with van der Waals surface area (Å²) >= 11 is 0. The molecule has 128 valence electrons. The van der Waals surface area contributed by atoms with Crippen molar-refractivity contribution in [1.29, 1.82) is 0 Å². The molecular weight excluding hydrogens is 308 g/mol. The summed E-state index contributed by atoms with van der Waals surface area (Å²) in [4.78, 5) is 22.6. The van der Waals surface area contributed by atoms with Gasteiger partial charge in [-0.15, -0.1) is 0 Å². The van der Waals surface area contributed by atoms with Crippen LogP contribution in [0.2, 0.25) is 0 Å². The van der Waals surface area contributed by atoms with Crippen molar-refractivity contribution in [2.45, 2.75) is 31.9 Å². The van der Waals surface area contributed by atoms with Gasteiger partial charge in [0.25, 0.3) is 5.91 Å². The van der Waals surface area contributed by atoms with E-state index in [0.717, 1.165) is 31.5 Å². The first kappa shape index (κ1) is 16.6. The van der Waals surface area contributed by atoms with Crippen LogP contribution in [0.5, 0.6) is 0 Å². The van der Waals surface area contributed by atoms with E-state index in [9.17, 15) is 9.90 Å². The van der Waals surface area contributed by atoms with Gasteiger partial charge in [-0.2, -0.15) is 0 Å². The molecule has 1 atom stereocenters. The molecule has 24 heavy (non-hydrogen) atoms. The lowest BCUT2D eigenvalue weighted by Gasteiger charge is -2.11. The molecule has 0 unspecified atom stereocenters. The molecule has 1 saturated heterocycles. The van der Waals surface area contributed by atoms with Crippen LogP contribution < -0.4 is 5.32 Å². The Bertz CT molecular complexity index is 659. The Balaban J connectivity index is 1.40. The normalized spacial score (nSPS) is 18.0. The molecule has 0 bridgehead atoms. The standard InChI is InChI=1S/C17H22N4O3/c22-14-6-9-21(10-14)11-16-20-15(12-24-16)17(23)19-8-3-5-13-4-1-2-7-18-13/h1-2,4,7,12,14,22H,3,5-6,8-11H2,(H,19,23)/t14-/m0/s1. The van der Waals surface area contributed by atoms with E-state index in [0.29, 0.717) is 31.2 Å². The van der Waals surface area contributed by atoms with Gasteiger partial charge in [0.1, 0.15) is 6.26 Å². The first-order valence-corrected chi connectivity index (χ1v) is 8.23. The van der Waals surface area contributed by atoms with Gasteiger partial charge in [-0.05, 0) is 31.4 Å². The maximum absolute atomic E-state index is 12.1. The second kappa shape index (κ2) is 8.03. The highest BCUT2D eigenvalue weighted by atomic mass is 16.3. The van der Waals surface area contributed by atoms with E-state index < -0.39 is 0 Å². The Labute approximate surface area is 140 Å². The molecule has 0 aromatic carbocycles. The van der Waals surface area contributed by atoms with E-state index in [-0.39, 0.29) is 12.0 Å². The summed E-state index contributed by atoms with van der Waals surface area (Å²) in [5, 5.41) is 12.4. The van der Waals surface area contributed by atoms with Crippen LogP contribution in [0.4, 0.5) is 0 Å². The number of aliphatic hydroxyl groups excluding tert-OH is 1. The van der Waals surface area contributed by atoms with Crippen molar-refractivity contribution < 1.29 is 14.3 Å². The summed E-state index contributed by atoms with van der Waals surface area (Å²) < 4.78 is 5.35. The predicted octanol–water partition coefficient (Wildman–Crippen LogP) is 0.999.